The van der Waals surface area contributed by atoms with Crippen LogP contribution in [-0.2, 0) is 4.79 Å². The lowest BCUT2D eigenvalue weighted by Gasteiger charge is -2.31. The van der Waals surface area contributed by atoms with Gasteiger partial charge in [-0.2, -0.15) is 0 Å². The van der Waals surface area contributed by atoms with Crippen molar-refractivity contribution in [1.82, 2.24) is 15.2 Å². The summed E-state index contributed by atoms with van der Waals surface area (Å²) < 4.78 is 0. The minimum Gasteiger partial charge on any atom is -0.342 e. The number of nitrogens with zero attached hydrogens (tertiary/aromatic N) is 2. The van der Waals surface area contributed by atoms with E-state index in [2.05, 4.69) is 10.3 Å². The van der Waals surface area contributed by atoms with Gasteiger partial charge in [0.05, 0.1) is 16.4 Å². The van der Waals surface area contributed by atoms with Crippen LogP contribution in [0.3, 0.4) is 0 Å². The summed E-state index contributed by atoms with van der Waals surface area (Å²) in [5.74, 6) is 0.126. The van der Waals surface area contributed by atoms with Crippen molar-refractivity contribution in [3.63, 3.8) is 0 Å². The summed E-state index contributed by atoms with van der Waals surface area (Å²) in [6, 6.07) is 3.70. The zero-order valence-corrected chi connectivity index (χ0v) is 14.6. The third kappa shape index (κ3) is 3.97. The number of thiophene rings is 1. The van der Waals surface area contributed by atoms with E-state index in [9.17, 15) is 9.59 Å². The molecule has 7 heteroatoms. The molecule has 3 rings (SSSR count). The number of amides is 2. The highest BCUT2D eigenvalue weighted by Gasteiger charge is 2.26. The number of nitrogens with one attached hydrogen (secondary N) is 1. The molecule has 0 spiro atoms. The minimum atomic E-state index is -0.176. The fraction of sp³-hybridized carbons (Fsp3) is 0.438. The molecule has 0 aliphatic carbocycles. The molecule has 3 heterocycles. The fourth-order valence-electron chi connectivity index (χ4n) is 2.75. The van der Waals surface area contributed by atoms with Crippen LogP contribution in [0, 0.1) is 6.92 Å². The smallest absolute Gasteiger partial charge is 0.261 e. The Morgan fingerprint density at radius 2 is 2.30 bits per heavy atom. The van der Waals surface area contributed by atoms with Crippen LogP contribution in [0.1, 0.15) is 38.3 Å². The predicted molar refractivity (Wildman–Crippen MR) is 92.1 cm³/mol. The van der Waals surface area contributed by atoms with E-state index in [-0.39, 0.29) is 18.4 Å². The minimum absolute atomic E-state index is 0.0205. The summed E-state index contributed by atoms with van der Waals surface area (Å²) in [6.07, 6.45) is 3.86. The first-order chi connectivity index (χ1) is 11.1. The number of piperidine rings is 1. The van der Waals surface area contributed by atoms with Gasteiger partial charge in [-0.3, -0.25) is 9.59 Å². The van der Waals surface area contributed by atoms with Crippen molar-refractivity contribution in [2.75, 3.05) is 19.6 Å². The largest absolute Gasteiger partial charge is 0.342 e. The van der Waals surface area contributed by atoms with Crippen molar-refractivity contribution >= 4 is 34.5 Å². The summed E-state index contributed by atoms with van der Waals surface area (Å²) in [6.45, 7) is 3.47. The molecule has 1 aliphatic rings. The summed E-state index contributed by atoms with van der Waals surface area (Å²) in [4.78, 5) is 32.3. The molecule has 2 amide bonds. The molecule has 2 aromatic rings. The van der Waals surface area contributed by atoms with Crippen LogP contribution in [-0.4, -0.2) is 41.3 Å². The zero-order chi connectivity index (χ0) is 16.2. The number of aryl methyl sites for hydroxylation is 1. The molecule has 1 fully saturated rings. The van der Waals surface area contributed by atoms with E-state index in [1.807, 2.05) is 29.5 Å². The predicted octanol–water partition coefficient (Wildman–Crippen LogP) is 2.65. The molecule has 0 bridgehead atoms. The number of aromatic nitrogens is 1. The lowest BCUT2D eigenvalue weighted by atomic mass is 9.99. The van der Waals surface area contributed by atoms with E-state index in [0.717, 1.165) is 29.3 Å². The molecular weight excluding hydrogens is 330 g/mol. The number of thiazole rings is 1. The number of carbonyl (C=O) groups excluding carboxylic acids is 2. The topological polar surface area (TPSA) is 62.3 Å². The van der Waals surface area contributed by atoms with Gasteiger partial charge in [0.2, 0.25) is 5.91 Å². The van der Waals surface area contributed by atoms with Crippen molar-refractivity contribution in [3.05, 3.63) is 38.5 Å². The molecule has 1 saturated heterocycles. The van der Waals surface area contributed by atoms with Crippen LogP contribution in [0.4, 0.5) is 0 Å². The first kappa shape index (κ1) is 16.1. The van der Waals surface area contributed by atoms with Crippen LogP contribution < -0.4 is 5.32 Å². The lowest BCUT2D eigenvalue weighted by molar-refractivity contribution is -0.131. The fourth-order valence-corrected chi connectivity index (χ4v) is 4.30. The number of hydrogen-bond acceptors (Lipinski definition) is 5. The molecule has 0 saturated carbocycles. The van der Waals surface area contributed by atoms with E-state index >= 15 is 0 Å². The first-order valence-electron chi connectivity index (χ1n) is 7.65. The van der Waals surface area contributed by atoms with Crippen molar-refractivity contribution in [3.8, 4) is 0 Å². The van der Waals surface area contributed by atoms with Gasteiger partial charge in [-0.05, 0) is 31.9 Å². The van der Waals surface area contributed by atoms with Gasteiger partial charge in [0.15, 0.2) is 0 Å². The molecule has 0 aromatic carbocycles. The molecule has 1 N–H and O–H groups in total. The average molecular weight is 349 g/mol. The summed E-state index contributed by atoms with van der Waals surface area (Å²) in [5, 5.41) is 5.80. The van der Waals surface area contributed by atoms with Gasteiger partial charge in [0.25, 0.3) is 5.91 Å². The Morgan fingerprint density at radius 1 is 1.43 bits per heavy atom. The van der Waals surface area contributed by atoms with Gasteiger partial charge < -0.3 is 10.2 Å². The second kappa shape index (κ2) is 7.23. The Labute approximate surface area is 143 Å². The Hall–Kier alpha value is -1.73. The summed E-state index contributed by atoms with van der Waals surface area (Å²) >= 11 is 3.08. The molecule has 23 heavy (non-hydrogen) atoms. The van der Waals surface area contributed by atoms with E-state index in [0.29, 0.717) is 17.3 Å². The maximum atomic E-state index is 12.4. The molecular formula is C16H19N3O2S2. The molecule has 122 valence electrons. The summed E-state index contributed by atoms with van der Waals surface area (Å²) in [7, 11) is 0. The number of carbonyl (C=O) groups is 2. The van der Waals surface area contributed by atoms with Gasteiger partial charge >= 0.3 is 0 Å². The van der Waals surface area contributed by atoms with Crippen molar-refractivity contribution < 1.29 is 9.59 Å². The van der Waals surface area contributed by atoms with Crippen molar-refractivity contribution in [2.45, 2.75) is 25.7 Å². The maximum Gasteiger partial charge on any atom is 0.261 e. The first-order valence-corrected chi connectivity index (χ1v) is 9.35. The lowest BCUT2D eigenvalue weighted by Crippen LogP contribution is -2.44. The highest BCUT2D eigenvalue weighted by atomic mass is 32.1. The van der Waals surface area contributed by atoms with E-state index < -0.39 is 0 Å². The highest BCUT2D eigenvalue weighted by Crippen LogP contribution is 2.28. The number of likely N-dealkylation sites (tertiary alicyclic amines) is 1. The highest BCUT2D eigenvalue weighted by molar-refractivity contribution is 7.13. The Morgan fingerprint density at radius 3 is 3.00 bits per heavy atom. The van der Waals surface area contributed by atoms with Gasteiger partial charge in [-0.25, -0.2) is 4.98 Å². The second-order valence-electron chi connectivity index (χ2n) is 5.64. The Bertz CT molecular complexity index is 681. The van der Waals surface area contributed by atoms with Crippen LogP contribution in [0.2, 0.25) is 0 Å². The Kier molecular flexibility index (Phi) is 5.07. The monoisotopic (exact) mass is 349 g/mol. The molecule has 1 aliphatic heterocycles. The quantitative estimate of drug-likeness (QED) is 0.923. The molecule has 5 nitrogen and oxygen atoms in total. The van der Waals surface area contributed by atoms with Crippen LogP contribution in [0.15, 0.2) is 23.7 Å². The second-order valence-corrected chi connectivity index (χ2v) is 7.86. The van der Waals surface area contributed by atoms with E-state index in [1.54, 1.807) is 17.4 Å². The third-order valence-electron chi connectivity index (χ3n) is 3.94. The molecule has 1 atom stereocenters. The van der Waals surface area contributed by atoms with Gasteiger partial charge in [-0.15, -0.1) is 22.7 Å². The normalized spacial score (nSPS) is 18.0. The Balaban J connectivity index is 1.52. The number of rotatable bonds is 4. The number of hydrogen-bond donors (Lipinski definition) is 1. The van der Waals surface area contributed by atoms with Crippen molar-refractivity contribution in [2.24, 2.45) is 0 Å². The van der Waals surface area contributed by atoms with Crippen LogP contribution in [0.5, 0.6) is 0 Å². The molecule has 2 aromatic heterocycles. The van der Waals surface area contributed by atoms with E-state index in [4.69, 9.17) is 0 Å². The maximum absolute atomic E-state index is 12.4. The van der Waals surface area contributed by atoms with Gasteiger partial charge in [-0.1, -0.05) is 0 Å². The van der Waals surface area contributed by atoms with E-state index in [1.165, 1.54) is 11.3 Å². The van der Waals surface area contributed by atoms with Gasteiger partial charge in [0.1, 0.15) is 0 Å². The average Bonchev–Trinajstić information content (AvgIpc) is 3.24. The van der Waals surface area contributed by atoms with Crippen molar-refractivity contribution in [1.29, 1.82) is 0 Å². The SMILES string of the molecule is Cc1ccc(C(=O)NCC(=O)N2CCCC(c3nccs3)C2)s1. The third-order valence-corrected chi connectivity index (χ3v) is 5.88. The van der Waals surface area contributed by atoms with Crippen LogP contribution in [0.25, 0.3) is 0 Å². The molecule has 1 unspecified atom stereocenters. The summed E-state index contributed by atoms with van der Waals surface area (Å²) in [5.41, 5.74) is 0. The molecule has 0 radical (unpaired) electrons. The standard InChI is InChI=1S/C16H19N3O2S2/c1-11-4-5-13(23-11)15(21)18-9-14(20)19-7-2-3-12(10-19)16-17-6-8-22-16/h4-6,8,12H,2-3,7,9-10H2,1H3,(H,18,21). The van der Waals surface area contributed by atoms with Gasteiger partial charge in [0, 0.05) is 35.5 Å². The zero-order valence-electron chi connectivity index (χ0n) is 12.9. The van der Waals surface area contributed by atoms with Crippen LogP contribution >= 0.6 is 22.7 Å².